The van der Waals surface area contributed by atoms with Gasteiger partial charge in [0.15, 0.2) is 0 Å². The van der Waals surface area contributed by atoms with Crippen LogP contribution in [0.25, 0.3) is 10.8 Å². The molecule has 0 saturated carbocycles. The van der Waals surface area contributed by atoms with Gasteiger partial charge in [-0.05, 0) is 24.4 Å². The number of methoxy groups -OCH3 is 2. The molecule has 0 saturated heterocycles. The molecule has 8 heteroatoms. The van der Waals surface area contributed by atoms with E-state index in [-0.39, 0.29) is 6.04 Å². The van der Waals surface area contributed by atoms with E-state index in [1.807, 2.05) is 24.4 Å². The van der Waals surface area contributed by atoms with Crippen LogP contribution >= 0.6 is 22.9 Å². The average Bonchev–Trinajstić information content (AvgIpc) is 3.26. The van der Waals surface area contributed by atoms with Gasteiger partial charge in [-0.25, -0.2) is 0 Å². The van der Waals surface area contributed by atoms with Crippen LogP contribution in [0.1, 0.15) is 18.9 Å². The maximum absolute atomic E-state index is 6.19. The molecule has 24 heavy (non-hydrogen) atoms. The fourth-order valence-electron chi connectivity index (χ4n) is 2.18. The van der Waals surface area contributed by atoms with Crippen molar-refractivity contribution in [2.24, 2.45) is 0 Å². The zero-order valence-electron chi connectivity index (χ0n) is 13.4. The highest BCUT2D eigenvalue weighted by atomic mass is 35.5. The highest BCUT2D eigenvalue weighted by Crippen LogP contribution is 2.37. The number of aromatic nitrogens is 2. The number of halogens is 1. The first kappa shape index (κ1) is 16.6. The summed E-state index contributed by atoms with van der Waals surface area (Å²) in [5.74, 6) is 2.14. The van der Waals surface area contributed by atoms with Crippen LogP contribution in [-0.4, -0.2) is 24.4 Å². The highest BCUT2D eigenvalue weighted by Gasteiger charge is 2.18. The van der Waals surface area contributed by atoms with Gasteiger partial charge in [0, 0.05) is 6.07 Å². The topological polar surface area (TPSA) is 69.4 Å². The van der Waals surface area contributed by atoms with Gasteiger partial charge in [0.25, 0.3) is 5.89 Å². The van der Waals surface area contributed by atoms with E-state index in [1.54, 1.807) is 37.7 Å². The molecule has 0 spiro atoms. The standard InChI is InChI=1S/C16H16ClN3O3S/c1-9(15-19-20-16(23-15)14-5-4-6-24-14)18-11-7-10(17)12(21-2)8-13(11)22-3/h4-9,18H,1-3H3/t9-/m0/s1. The second-order valence-corrected chi connectivity index (χ2v) is 6.33. The van der Waals surface area contributed by atoms with Crippen LogP contribution in [0.15, 0.2) is 34.1 Å². The summed E-state index contributed by atoms with van der Waals surface area (Å²) < 4.78 is 16.3. The van der Waals surface area contributed by atoms with Crippen LogP contribution in [0.2, 0.25) is 5.02 Å². The molecular weight excluding hydrogens is 350 g/mol. The van der Waals surface area contributed by atoms with Gasteiger partial charge in [0.05, 0.1) is 29.8 Å². The largest absolute Gasteiger partial charge is 0.495 e. The van der Waals surface area contributed by atoms with Crippen LogP contribution in [0.3, 0.4) is 0 Å². The Morgan fingerprint density at radius 3 is 2.67 bits per heavy atom. The van der Waals surface area contributed by atoms with Gasteiger partial charge in [0.1, 0.15) is 17.5 Å². The van der Waals surface area contributed by atoms with Crippen LogP contribution in [0, 0.1) is 0 Å². The number of nitrogens with zero attached hydrogens (tertiary/aromatic N) is 2. The van der Waals surface area contributed by atoms with Gasteiger partial charge in [-0.1, -0.05) is 17.7 Å². The normalized spacial score (nSPS) is 12.0. The Bertz CT molecular complexity index is 820. The summed E-state index contributed by atoms with van der Waals surface area (Å²) in [6, 6.07) is 7.13. The number of hydrogen-bond donors (Lipinski definition) is 1. The third-order valence-corrected chi connectivity index (χ3v) is 4.54. The lowest BCUT2D eigenvalue weighted by Crippen LogP contribution is -2.08. The molecular formula is C16H16ClN3O3S. The van der Waals surface area contributed by atoms with E-state index in [2.05, 4.69) is 15.5 Å². The first-order valence-electron chi connectivity index (χ1n) is 7.17. The van der Waals surface area contributed by atoms with Crippen molar-refractivity contribution in [3.63, 3.8) is 0 Å². The predicted octanol–water partition coefficient (Wildman–Crippen LogP) is 4.64. The van der Waals surface area contributed by atoms with Crippen molar-refractivity contribution in [2.45, 2.75) is 13.0 Å². The van der Waals surface area contributed by atoms with Crippen LogP contribution < -0.4 is 14.8 Å². The molecule has 3 rings (SSSR count). The molecule has 2 aromatic heterocycles. The molecule has 0 amide bonds. The fraction of sp³-hybridized carbons (Fsp3) is 0.250. The van der Waals surface area contributed by atoms with Crippen LogP contribution in [-0.2, 0) is 0 Å². The Kier molecular flexibility index (Phi) is 4.92. The molecule has 126 valence electrons. The minimum atomic E-state index is -0.218. The van der Waals surface area contributed by atoms with Gasteiger partial charge >= 0.3 is 0 Å². The minimum Gasteiger partial charge on any atom is -0.495 e. The molecule has 2 heterocycles. The third-order valence-electron chi connectivity index (χ3n) is 3.39. The minimum absolute atomic E-state index is 0.218. The van der Waals surface area contributed by atoms with E-state index in [0.717, 1.165) is 4.88 Å². The summed E-state index contributed by atoms with van der Waals surface area (Å²) in [6.07, 6.45) is 0. The Hall–Kier alpha value is -2.25. The number of hydrogen-bond acceptors (Lipinski definition) is 7. The van der Waals surface area contributed by atoms with Crippen molar-refractivity contribution < 1.29 is 13.9 Å². The summed E-state index contributed by atoms with van der Waals surface area (Å²) in [4.78, 5) is 0.936. The molecule has 6 nitrogen and oxygen atoms in total. The molecule has 0 aliphatic carbocycles. The molecule has 0 fully saturated rings. The number of thiophene rings is 1. The maximum Gasteiger partial charge on any atom is 0.257 e. The number of benzene rings is 1. The Morgan fingerprint density at radius 1 is 1.21 bits per heavy atom. The van der Waals surface area contributed by atoms with Crippen molar-refractivity contribution in [3.8, 4) is 22.3 Å². The monoisotopic (exact) mass is 365 g/mol. The first-order valence-corrected chi connectivity index (χ1v) is 8.43. The van der Waals surface area contributed by atoms with Gasteiger partial charge < -0.3 is 19.2 Å². The van der Waals surface area contributed by atoms with Crippen LogP contribution in [0.5, 0.6) is 11.5 Å². The van der Waals surface area contributed by atoms with Gasteiger partial charge in [0.2, 0.25) is 5.89 Å². The summed E-state index contributed by atoms with van der Waals surface area (Å²) in [5.41, 5.74) is 0.715. The van der Waals surface area contributed by atoms with Gasteiger partial charge in [-0.15, -0.1) is 21.5 Å². The van der Waals surface area contributed by atoms with E-state index in [1.165, 1.54) is 0 Å². The molecule has 0 aliphatic heterocycles. The molecule has 3 aromatic rings. The van der Waals surface area contributed by atoms with E-state index >= 15 is 0 Å². The van der Waals surface area contributed by atoms with Crippen molar-refractivity contribution >= 4 is 28.6 Å². The lowest BCUT2D eigenvalue weighted by Gasteiger charge is -2.16. The molecule has 0 bridgehead atoms. The number of nitrogens with one attached hydrogen (secondary N) is 1. The maximum atomic E-state index is 6.19. The van der Waals surface area contributed by atoms with E-state index in [0.29, 0.717) is 34.0 Å². The van der Waals surface area contributed by atoms with Crippen molar-refractivity contribution in [1.29, 1.82) is 0 Å². The molecule has 0 radical (unpaired) electrons. The molecule has 0 unspecified atom stereocenters. The zero-order valence-corrected chi connectivity index (χ0v) is 14.9. The third kappa shape index (κ3) is 3.32. The average molecular weight is 366 g/mol. The fourth-order valence-corrected chi connectivity index (χ4v) is 3.06. The highest BCUT2D eigenvalue weighted by molar-refractivity contribution is 7.13. The van der Waals surface area contributed by atoms with Gasteiger partial charge in [-0.2, -0.15) is 0 Å². The summed E-state index contributed by atoms with van der Waals surface area (Å²) in [7, 11) is 3.14. The van der Waals surface area contributed by atoms with Crippen LogP contribution in [0.4, 0.5) is 5.69 Å². The molecule has 1 N–H and O–H groups in total. The Balaban J connectivity index is 1.82. The number of anilines is 1. The van der Waals surface area contributed by atoms with Crippen molar-refractivity contribution in [3.05, 3.63) is 40.6 Å². The summed E-state index contributed by atoms with van der Waals surface area (Å²) >= 11 is 7.74. The summed E-state index contributed by atoms with van der Waals surface area (Å²) in [6.45, 7) is 1.92. The van der Waals surface area contributed by atoms with E-state index in [9.17, 15) is 0 Å². The zero-order chi connectivity index (χ0) is 17.1. The van der Waals surface area contributed by atoms with Gasteiger partial charge in [-0.3, -0.25) is 0 Å². The smallest absolute Gasteiger partial charge is 0.257 e. The van der Waals surface area contributed by atoms with E-state index in [4.69, 9.17) is 25.5 Å². The lowest BCUT2D eigenvalue weighted by molar-refractivity contribution is 0.395. The number of ether oxygens (including phenoxy) is 2. The second kappa shape index (κ2) is 7.11. The summed E-state index contributed by atoms with van der Waals surface area (Å²) in [5, 5.41) is 13.9. The molecule has 1 atom stereocenters. The number of rotatable bonds is 6. The van der Waals surface area contributed by atoms with Crippen molar-refractivity contribution in [2.75, 3.05) is 19.5 Å². The quantitative estimate of drug-likeness (QED) is 0.686. The Morgan fingerprint density at radius 2 is 2.00 bits per heavy atom. The Labute approximate surface area is 148 Å². The van der Waals surface area contributed by atoms with E-state index < -0.39 is 0 Å². The predicted molar refractivity (Wildman–Crippen MR) is 94.2 cm³/mol. The second-order valence-electron chi connectivity index (χ2n) is 4.98. The molecule has 0 aliphatic rings. The SMILES string of the molecule is COc1cc(OC)c(N[C@@H](C)c2nnc(-c3cccs3)o2)cc1Cl. The lowest BCUT2D eigenvalue weighted by atomic mass is 10.2. The molecule has 1 aromatic carbocycles. The van der Waals surface area contributed by atoms with Crippen molar-refractivity contribution in [1.82, 2.24) is 10.2 Å². The first-order chi connectivity index (χ1) is 11.6.